The van der Waals surface area contributed by atoms with Gasteiger partial charge in [-0.3, -0.25) is 4.79 Å². The highest BCUT2D eigenvalue weighted by molar-refractivity contribution is 5.91. The highest BCUT2D eigenvalue weighted by Gasteiger charge is 2.51. The summed E-state index contributed by atoms with van der Waals surface area (Å²) in [4.78, 5) is 11.9. The number of halogens is 2. The second-order valence-corrected chi connectivity index (χ2v) is 5.79. The predicted molar refractivity (Wildman–Crippen MR) is 68.7 cm³/mol. The Labute approximate surface area is 111 Å². The molecule has 1 saturated carbocycles. The molecule has 4 heteroatoms. The topological polar surface area (TPSA) is 26.3 Å². The minimum absolute atomic E-state index is 0.0450. The van der Waals surface area contributed by atoms with Crippen molar-refractivity contribution in [2.24, 2.45) is 0 Å². The van der Waals surface area contributed by atoms with Crippen LogP contribution in [0.5, 0.6) is 5.75 Å². The monoisotopic (exact) mass is 268 g/mol. The van der Waals surface area contributed by atoms with Crippen LogP contribution in [-0.2, 0) is 10.2 Å². The van der Waals surface area contributed by atoms with Gasteiger partial charge in [-0.2, -0.15) is 0 Å². The van der Waals surface area contributed by atoms with Gasteiger partial charge in [-0.1, -0.05) is 13.8 Å². The molecule has 0 aromatic heterocycles. The molecule has 2 nitrogen and oxygen atoms in total. The van der Waals surface area contributed by atoms with Crippen LogP contribution in [0.4, 0.5) is 8.78 Å². The maximum Gasteiger partial charge on any atom is 0.170 e. The van der Waals surface area contributed by atoms with Gasteiger partial charge in [0.2, 0.25) is 0 Å². The van der Waals surface area contributed by atoms with Crippen molar-refractivity contribution in [1.82, 2.24) is 0 Å². The lowest BCUT2D eigenvalue weighted by atomic mass is 9.78. The van der Waals surface area contributed by atoms with Crippen LogP contribution < -0.4 is 4.74 Å². The van der Waals surface area contributed by atoms with E-state index in [0.717, 1.165) is 0 Å². The van der Waals surface area contributed by atoms with Crippen molar-refractivity contribution in [3.8, 4) is 5.75 Å². The minimum atomic E-state index is -1.64. The highest BCUT2D eigenvalue weighted by atomic mass is 19.1. The van der Waals surface area contributed by atoms with Crippen molar-refractivity contribution in [3.63, 3.8) is 0 Å². The predicted octanol–water partition coefficient (Wildman–Crippen LogP) is 3.57. The molecule has 2 rings (SSSR count). The minimum Gasteiger partial charge on any atom is -0.496 e. The summed E-state index contributed by atoms with van der Waals surface area (Å²) >= 11 is 0. The van der Waals surface area contributed by atoms with Gasteiger partial charge >= 0.3 is 0 Å². The normalized spacial score (nSPS) is 17.1. The molecule has 1 aromatic carbocycles. The summed E-state index contributed by atoms with van der Waals surface area (Å²) in [7, 11) is 1.49. The van der Waals surface area contributed by atoms with E-state index in [1.54, 1.807) is 13.8 Å². The van der Waals surface area contributed by atoms with Gasteiger partial charge in [0.1, 0.15) is 11.6 Å². The number of methoxy groups -OCH3 is 1. The number of hydrogen-bond donors (Lipinski definition) is 0. The summed E-state index contributed by atoms with van der Waals surface area (Å²) in [5.41, 5.74) is -1.71. The molecule has 1 fully saturated rings. The summed E-state index contributed by atoms with van der Waals surface area (Å²) in [6.07, 6.45) is 0.660. The van der Waals surface area contributed by atoms with E-state index in [1.165, 1.54) is 25.3 Å². The maximum absolute atomic E-state index is 13.7. The molecule has 1 aliphatic carbocycles. The van der Waals surface area contributed by atoms with Crippen molar-refractivity contribution in [2.75, 3.05) is 7.11 Å². The number of carbonyl (C=O) groups is 1. The molecule has 0 aliphatic heterocycles. The standard InChI is InChI=1S/C15H18F2O2/c1-14(2,9-13(18)15(17)6-7-15)11-8-10(16)4-5-12(11)19-3/h4-5,8H,6-7,9H2,1-3H3. The Morgan fingerprint density at radius 1 is 1.42 bits per heavy atom. The number of hydrogen-bond acceptors (Lipinski definition) is 2. The fourth-order valence-corrected chi connectivity index (χ4v) is 2.25. The lowest BCUT2D eigenvalue weighted by Gasteiger charge is -2.27. The average Bonchev–Trinajstić information content (AvgIpc) is 3.08. The Bertz CT molecular complexity index is 505. The zero-order valence-corrected chi connectivity index (χ0v) is 11.4. The van der Waals surface area contributed by atoms with Gasteiger partial charge in [0.25, 0.3) is 0 Å². The third-order valence-corrected chi connectivity index (χ3v) is 3.68. The van der Waals surface area contributed by atoms with E-state index in [9.17, 15) is 13.6 Å². The summed E-state index contributed by atoms with van der Waals surface area (Å²) < 4.78 is 32.3. The molecule has 104 valence electrons. The quantitative estimate of drug-likeness (QED) is 0.816. The van der Waals surface area contributed by atoms with Gasteiger partial charge in [0, 0.05) is 17.4 Å². The Morgan fingerprint density at radius 3 is 2.58 bits per heavy atom. The third-order valence-electron chi connectivity index (χ3n) is 3.68. The van der Waals surface area contributed by atoms with Crippen LogP contribution in [0.15, 0.2) is 18.2 Å². The summed E-state index contributed by atoms with van der Waals surface area (Å²) in [5, 5.41) is 0. The van der Waals surface area contributed by atoms with Gasteiger partial charge in [-0.25, -0.2) is 8.78 Å². The van der Waals surface area contributed by atoms with Crippen molar-refractivity contribution < 1.29 is 18.3 Å². The molecule has 0 amide bonds. The Morgan fingerprint density at radius 2 is 2.05 bits per heavy atom. The molecule has 0 heterocycles. The zero-order valence-electron chi connectivity index (χ0n) is 11.4. The lowest BCUT2D eigenvalue weighted by Crippen LogP contribution is -2.28. The molecule has 0 radical (unpaired) electrons. The van der Waals surface area contributed by atoms with E-state index in [2.05, 4.69) is 0 Å². The van der Waals surface area contributed by atoms with Crippen molar-refractivity contribution >= 4 is 5.78 Å². The first kappa shape index (κ1) is 14.0. The molecule has 0 atom stereocenters. The number of carbonyl (C=O) groups excluding carboxylic acids is 1. The average molecular weight is 268 g/mol. The Balaban J connectivity index is 2.27. The first-order valence-corrected chi connectivity index (χ1v) is 6.35. The molecular weight excluding hydrogens is 250 g/mol. The number of benzene rings is 1. The van der Waals surface area contributed by atoms with Gasteiger partial charge in [-0.15, -0.1) is 0 Å². The molecule has 0 saturated heterocycles. The van der Waals surface area contributed by atoms with Gasteiger partial charge < -0.3 is 4.74 Å². The summed E-state index contributed by atoms with van der Waals surface area (Å²) in [6.45, 7) is 3.60. The molecule has 1 aromatic rings. The van der Waals surface area contributed by atoms with E-state index < -0.39 is 22.7 Å². The number of ketones is 1. The van der Waals surface area contributed by atoms with Crippen LogP contribution in [0, 0.1) is 5.82 Å². The van der Waals surface area contributed by atoms with Crippen LogP contribution in [0.25, 0.3) is 0 Å². The van der Waals surface area contributed by atoms with Gasteiger partial charge in [-0.05, 0) is 31.0 Å². The molecule has 0 unspecified atom stereocenters. The summed E-state index contributed by atoms with van der Waals surface area (Å²) in [5.74, 6) is -0.274. The van der Waals surface area contributed by atoms with Crippen molar-refractivity contribution in [2.45, 2.75) is 44.2 Å². The number of rotatable bonds is 5. The second kappa shape index (κ2) is 4.58. The molecule has 1 aliphatic rings. The molecule has 0 bridgehead atoms. The molecule has 0 spiro atoms. The number of ether oxygens (including phenoxy) is 1. The van der Waals surface area contributed by atoms with E-state index in [1.807, 2.05) is 0 Å². The largest absolute Gasteiger partial charge is 0.496 e. The lowest BCUT2D eigenvalue weighted by molar-refractivity contribution is -0.126. The second-order valence-electron chi connectivity index (χ2n) is 5.79. The highest BCUT2D eigenvalue weighted by Crippen LogP contribution is 2.44. The molecule has 0 N–H and O–H groups in total. The fourth-order valence-electron chi connectivity index (χ4n) is 2.25. The van der Waals surface area contributed by atoms with E-state index in [0.29, 0.717) is 24.2 Å². The third kappa shape index (κ3) is 2.77. The smallest absolute Gasteiger partial charge is 0.170 e. The SMILES string of the molecule is COc1ccc(F)cc1C(C)(C)CC(=O)C1(F)CC1. The number of alkyl halides is 1. The maximum atomic E-state index is 13.7. The van der Waals surface area contributed by atoms with Crippen LogP contribution in [0.2, 0.25) is 0 Å². The Kier molecular flexibility index (Phi) is 3.37. The van der Waals surface area contributed by atoms with Crippen molar-refractivity contribution in [3.05, 3.63) is 29.6 Å². The molecular formula is C15H18F2O2. The van der Waals surface area contributed by atoms with Crippen LogP contribution in [0.3, 0.4) is 0 Å². The van der Waals surface area contributed by atoms with Crippen LogP contribution in [-0.4, -0.2) is 18.6 Å². The zero-order chi connectivity index (χ0) is 14.3. The van der Waals surface area contributed by atoms with E-state index >= 15 is 0 Å². The van der Waals surface area contributed by atoms with Crippen LogP contribution >= 0.6 is 0 Å². The first-order chi connectivity index (χ1) is 8.78. The summed E-state index contributed by atoms with van der Waals surface area (Å²) in [6, 6.07) is 4.18. The Hall–Kier alpha value is -1.45. The first-order valence-electron chi connectivity index (χ1n) is 6.35. The molecule has 19 heavy (non-hydrogen) atoms. The fraction of sp³-hybridized carbons (Fsp3) is 0.533. The van der Waals surface area contributed by atoms with Crippen molar-refractivity contribution in [1.29, 1.82) is 0 Å². The van der Waals surface area contributed by atoms with E-state index in [4.69, 9.17) is 4.74 Å². The number of Topliss-reactive ketones (excluding diaryl/α,β-unsaturated/α-hetero) is 1. The van der Waals surface area contributed by atoms with Gasteiger partial charge in [0.05, 0.1) is 7.11 Å². The van der Waals surface area contributed by atoms with Crippen LogP contribution in [0.1, 0.15) is 38.7 Å². The van der Waals surface area contributed by atoms with Gasteiger partial charge in [0.15, 0.2) is 11.5 Å². The van der Waals surface area contributed by atoms with E-state index in [-0.39, 0.29) is 6.42 Å².